The van der Waals surface area contributed by atoms with Crippen LogP contribution in [0.25, 0.3) is 22.6 Å². The van der Waals surface area contributed by atoms with E-state index in [1.54, 1.807) is 24.3 Å². The van der Waals surface area contributed by atoms with E-state index in [4.69, 9.17) is 4.52 Å². The fraction of sp³-hybridized carbons (Fsp3) is 0.0455. The predicted molar refractivity (Wildman–Crippen MR) is 100.0 cm³/mol. The molecule has 1 aromatic heterocycles. The summed E-state index contributed by atoms with van der Waals surface area (Å²) in [5.41, 5.74) is 4.59. The minimum Gasteiger partial charge on any atom is -0.508 e. The van der Waals surface area contributed by atoms with Crippen molar-refractivity contribution >= 4 is 0 Å². The maximum absolute atomic E-state index is 9.55. The summed E-state index contributed by atoms with van der Waals surface area (Å²) in [7, 11) is 0. The van der Waals surface area contributed by atoms with Gasteiger partial charge in [-0.2, -0.15) is 0 Å². The van der Waals surface area contributed by atoms with Crippen LogP contribution >= 0.6 is 0 Å². The van der Waals surface area contributed by atoms with Crippen molar-refractivity contribution in [2.75, 3.05) is 0 Å². The van der Waals surface area contributed by atoms with Crippen LogP contribution < -0.4 is 0 Å². The SMILES string of the molecule is Oc1ccc(-c2noc(-c3ccc(O)cc3)c2Cc2ccccc2)cc1. The lowest BCUT2D eigenvalue weighted by Crippen LogP contribution is -1.92. The van der Waals surface area contributed by atoms with Crippen molar-refractivity contribution in [2.45, 2.75) is 6.42 Å². The van der Waals surface area contributed by atoms with Gasteiger partial charge in [0.15, 0.2) is 5.76 Å². The zero-order valence-electron chi connectivity index (χ0n) is 14.0. The maximum Gasteiger partial charge on any atom is 0.171 e. The number of rotatable bonds is 4. The van der Waals surface area contributed by atoms with Crippen LogP contribution in [0.3, 0.4) is 0 Å². The van der Waals surface area contributed by atoms with E-state index in [1.807, 2.05) is 42.5 Å². The minimum atomic E-state index is 0.205. The lowest BCUT2D eigenvalue weighted by atomic mass is 9.96. The highest BCUT2D eigenvalue weighted by atomic mass is 16.5. The Bertz CT molecular complexity index is 941. The third-order valence-corrected chi connectivity index (χ3v) is 4.28. The second kappa shape index (κ2) is 6.76. The van der Waals surface area contributed by atoms with E-state index in [-0.39, 0.29) is 11.5 Å². The standard InChI is InChI=1S/C22H17NO3/c24-18-10-6-16(7-11-18)21-20(14-15-4-2-1-3-5-15)22(26-23-21)17-8-12-19(25)13-9-17/h1-13,24-25H,14H2. The Morgan fingerprint density at radius 2 is 1.27 bits per heavy atom. The largest absolute Gasteiger partial charge is 0.508 e. The van der Waals surface area contributed by atoms with Crippen LogP contribution in [0, 0.1) is 0 Å². The van der Waals surface area contributed by atoms with Crippen LogP contribution in [0.15, 0.2) is 83.4 Å². The molecule has 0 saturated heterocycles. The van der Waals surface area contributed by atoms with E-state index in [2.05, 4.69) is 17.3 Å². The third kappa shape index (κ3) is 3.17. The van der Waals surface area contributed by atoms with Gasteiger partial charge in [-0.15, -0.1) is 0 Å². The van der Waals surface area contributed by atoms with E-state index >= 15 is 0 Å². The number of aromatic hydroxyl groups is 2. The molecule has 0 unspecified atom stereocenters. The fourth-order valence-corrected chi connectivity index (χ4v) is 2.96. The first kappa shape index (κ1) is 16.0. The van der Waals surface area contributed by atoms with E-state index in [9.17, 15) is 10.2 Å². The summed E-state index contributed by atoms with van der Waals surface area (Å²) in [5.74, 6) is 1.09. The zero-order valence-corrected chi connectivity index (χ0v) is 14.0. The molecular weight excluding hydrogens is 326 g/mol. The molecule has 0 atom stereocenters. The monoisotopic (exact) mass is 343 g/mol. The molecule has 4 nitrogen and oxygen atoms in total. The number of hydrogen-bond donors (Lipinski definition) is 2. The highest BCUT2D eigenvalue weighted by Gasteiger charge is 2.19. The molecule has 4 rings (SSSR count). The zero-order chi connectivity index (χ0) is 17.9. The van der Waals surface area contributed by atoms with Crippen molar-refractivity contribution in [3.63, 3.8) is 0 Å². The molecule has 4 aromatic rings. The minimum absolute atomic E-state index is 0.205. The third-order valence-electron chi connectivity index (χ3n) is 4.28. The first-order chi connectivity index (χ1) is 12.7. The van der Waals surface area contributed by atoms with Crippen LogP contribution in [0.1, 0.15) is 11.1 Å². The summed E-state index contributed by atoms with van der Waals surface area (Å²) in [4.78, 5) is 0. The molecule has 2 N–H and O–H groups in total. The molecule has 0 aliphatic carbocycles. The first-order valence-electron chi connectivity index (χ1n) is 8.32. The number of nitrogens with zero attached hydrogens (tertiary/aromatic N) is 1. The molecule has 0 amide bonds. The van der Waals surface area contributed by atoms with Crippen molar-refractivity contribution in [1.82, 2.24) is 5.16 Å². The lowest BCUT2D eigenvalue weighted by molar-refractivity contribution is 0.434. The average molecular weight is 343 g/mol. The Morgan fingerprint density at radius 3 is 1.88 bits per heavy atom. The van der Waals surface area contributed by atoms with Crippen LogP contribution in [-0.4, -0.2) is 15.4 Å². The lowest BCUT2D eigenvalue weighted by Gasteiger charge is -2.06. The molecule has 0 radical (unpaired) electrons. The van der Waals surface area contributed by atoms with Gasteiger partial charge in [0.1, 0.15) is 17.2 Å². The average Bonchev–Trinajstić information content (AvgIpc) is 3.07. The molecular formula is C22H17NO3. The molecule has 128 valence electrons. The Balaban J connectivity index is 1.83. The Hall–Kier alpha value is -3.53. The molecule has 0 fully saturated rings. The quantitative estimate of drug-likeness (QED) is 0.546. The number of benzene rings is 3. The molecule has 1 heterocycles. The van der Waals surface area contributed by atoms with Crippen LogP contribution in [0.5, 0.6) is 11.5 Å². The highest BCUT2D eigenvalue weighted by Crippen LogP contribution is 2.35. The summed E-state index contributed by atoms with van der Waals surface area (Å²) in [6, 6.07) is 23.9. The number of hydrogen-bond acceptors (Lipinski definition) is 4. The normalized spacial score (nSPS) is 10.8. The fourth-order valence-electron chi connectivity index (χ4n) is 2.96. The van der Waals surface area contributed by atoms with Crippen molar-refractivity contribution in [3.05, 3.63) is 90.0 Å². The Labute approximate surface area is 151 Å². The van der Waals surface area contributed by atoms with Gasteiger partial charge in [0.2, 0.25) is 0 Å². The van der Waals surface area contributed by atoms with Gasteiger partial charge < -0.3 is 14.7 Å². The van der Waals surface area contributed by atoms with Crippen molar-refractivity contribution in [3.8, 4) is 34.1 Å². The van der Waals surface area contributed by atoms with E-state index in [0.717, 1.165) is 27.9 Å². The first-order valence-corrected chi connectivity index (χ1v) is 8.32. The summed E-state index contributed by atoms with van der Waals surface area (Å²) >= 11 is 0. The molecule has 0 spiro atoms. The van der Waals surface area contributed by atoms with Gasteiger partial charge >= 0.3 is 0 Å². The number of phenols is 2. The van der Waals surface area contributed by atoms with Crippen molar-refractivity contribution in [2.24, 2.45) is 0 Å². The molecule has 26 heavy (non-hydrogen) atoms. The summed E-state index contributed by atoms with van der Waals surface area (Å²) in [6.07, 6.45) is 0.663. The van der Waals surface area contributed by atoms with Crippen LogP contribution in [0.2, 0.25) is 0 Å². The van der Waals surface area contributed by atoms with E-state index in [1.165, 1.54) is 0 Å². The summed E-state index contributed by atoms with van der Waals surface area (Å²) in [5, 5.41) is 23.4. The van der Waals surface area contributed by atoms with Gasteiger partial charge in [0, 0.05) is 23.1 Å². The highest BCUT2D eigenvalue weighted by molar-refractivity contribution is 5.73. The molecule has 3 aromatic carbocycles. The van der Waals surface area contributed by atoms with Crippen molar-refractivity contribution < 1.29 is 14.7 Å². The molecule has 0 saturated carbocycles. The molecule has 0 aliphatic rings. The number of phenolic OH excluding ortho intramolecular Hbond substituents is 2. The topological polar surface area (TPSA) is 66.5 Å². The van der Waals surface area contributed by atoms with Gasteiger partial charge in [-0.3, -0.25) is 0 Å². The van der Waals surface area contributed by atoms with Gasteiger partial charge in [0.05, 0.1) is 0 Å². The van der Waals surface area contributed by atoms with E-state index < -0.39 is 0 Å². The van der Waals surface area contributed by atoms with Crippen molar-refractivity contribution in [1.29, 1.82) is 0 Å². The van der Waals surface area contributed by atoms with Crippen LogP contribution in [-0.2, 0) is 6.42 Å². The van der Waals surface area contributed by atoms with Gasteiger partial charge in [0.25, 0.3) is 0 Å². The molecule has 4 heteroatoms. The second-order valence-electron chi connectivity index (χ2n) is 6.09. The van der Waals surface area contributed by atoms with E-state index in [0.29, 0.717) is 12.2 Å². The molecule has 0 aliphatic heterocycles. The van der Waals surface area contributed by atoms with Gasteiger partial charge in [-0.1, -0.05) is 35.5 Å². The summed E-state index contributed by atoms with van der Waals surface area (Å²) in [6.45, 7) is 0. The maximum atomic E-state index is 9.55. The Kier molecular flexibility index (Phi) is 4.15. The second-order valence-corrected chi connectivity index (χ2v) is 6.09. The Morgan fingerprint density at radius 1 is 0.692 bits per heavy atom. The molecule has 0 bridgehead atoms. The van der Waals surface area contributed by atoms with Gasteiger partial charge in [-0.05, 0) is 54.1 Å². The predicted octanol–water partition coefficient (Wildman–Crippen LogP) is 5.01. The number of aromatic nitrogens is 1. The summed E-state index contributed by atoms with van der Waals surface area (Å²) < 4.78 is 5.68. The smallest absolute Gasteiger partial charge is 0.171 e. The van der Waals surface area contributed by atoms with Gasteiger partial charge in [-0.25, -0.2) is 0 Å². The van der Waals surface area contributed by atoms with Crippen LogP contribution in [0.4, 0.5) is 0 Å².